The van der Waals surface area contributed by atoms with Crippen molar-refractivity contribution in [1.29, 1.82) is 0 Å². The summed E-state index contributed by atoms with van der Waals surface area (Å²) in [6.07, 6.45) is -4.21. The van der Waals surface area contributed by atoms with Gasteiger partial charge >= 0.3 is 0 Å². The van der Waals surface area contributed by atoms with E-state index < -0.39 is 24.9 Å². The number of primary amides is 1. The summed E-state index contributed by atoms with van der Waals surface area (Å²) in [4.78, 5) is 9.82. The van der Waals surface area contributed by atoms with Crippen molar-refractivity contribution in [3.8, 4) is 0 Å². The molecule has 5 heteroatoms. The van der Waals surface area contributed by atoms with E-state index in [1.807, 2.05) is 0 Å². The first-order valence-corrected chi connectivity index (χ1v) is 2.27. The molecule has 0 aliphatic rings. The zero-order chi connectivity index (χ0) is 7.44. The van der Waals surface area contributed by atoms with Gasteiger partial charge in [-0.15, -0.1) is 0 Å². The molecule has 54 valence electrons. The van der Waals surface area contributed by atoms with Gasteiger partial charge in [0.15, 0.2) is 0 Å². The Bertz CT molecular complexity index is 109. The summed E-state index contributed by atoms with van der Waals surface area (Å²) in [6.45, 7) is -1.30. The molecule has 0 aromatic carbocycles. The van der Waals surface area contributed by atoms with Crippen LogP contribution in [0.15, 0.2) is 0 Å². The van der Waals surface area contributed by atoms with E-state index >= 15 is 0 Å². The first kappa shape index (κ1) is 8.29. The summed E-state index contributed by atoms with van der Waals surface area (Å²) < 4.78 is 23.3. The summed E-state index contributed by atoms with van der Waals surface area (Å²) in [5, 5.41) is 8.25. The summed E-state index contributed by atoms with van der Waals surface area (Å²) in [5.74, 6) is -1.35. The number of carbonyl (C=O) groups excluding carboxylic acids is 1. The van der Waals surface area contributed by atoms with Gasteiger partial charge in [-0.1, -0.05) is 0 Å². The van der Waals surface area contributed by atoms with E-state index in [-0.39, 0.29) is 0 Å². The van der Waals surface area contributed by atoms with Crippen LogP contribution < -0.4 is 5.73 Å². The third-order valence-electron chi connectivity index (χ3n) is 0.768. The third kappa shape index (κ3) is 2.36. The lowest BCUT2D eigenvalue weighted by molar-refractivity contribution is -0.127. The lowest BCUT2D eigenvalue weighted by Crippen LogP contribution is -2.36. The highest BCUT2D eigenvalue weighted by atomic mass is 19.1. The van der Waals surface area contributed by atoms with E-state index in [0.717, 1.165) is 0 Å². The Kier molecular flexibility index (Phi) is 3.08. The second kappa shape index (κ2) is 3.34. The van der Waals surface area contributed by atoms with Gasteiger partial charge in [-0.3, -0.25) is 4.79 Å². The van der Waals surface area contributed by atoms with Crippen molar-refractivity contribution in [2.75, 3.05) is 6.67 Å². The van der Waals surface area contributed by atoms with Crippen LogP contribution in [-0.4, -0.2) is 30.0 Å². The highest BCUT2D eigenvalue weighted by Crippen LogP contribution is 1.97. The number of alkyl halides is 2. The zero-order valence-corrected chi connectivity index (χ0v) is 4.55. The fourth-order valence-electron chi connectivity index (χ4n) is 0.268. The van der Waals surface area contributed by atoms with Crippen LogP contribution in [-0.2, 0) is 4.79 Å². The number of hydrogen-bond acceptors (Lipinski definition) is 2. The molecule has 0 bridgehead atoms. The molecule has 0 aliphatic heterocycles. The fourth-order valence-corrected chi connectivity index (χ4v) is 0.268. The molecular weight excluding hydrogens is 132 g/mol. The highest BCUT2D eigenvalue weighted by Gasteiger charge is 2.23. The average Bonchev–Trinajstić information content (AvgIpc) is 1.84. The molecule has 0 aromatic rings. The zero-order valence-electron chi connectivity index (χ0n) is 4.55. The van der Waals surface area contributed by atoms with Crippen molar-refractivity contribution in [2.45, 2.75) is 12.3 Å². The van der Waals surface area contributed by atoms with Crippen molar-refractivity contribution in [2.24, 2.45) is 5.73 Å². The van der Waals surface area contributed by atoms with Gasteiger partial charge in [0.25, 0.3) is 5.91 Å². The number of halogens is 2. The maximum absolute atomic E-state index is 12.0. The lowest BCUT2D eigenvalue weighted by atomic mass is 10.2. The predicted octanol–water partition coefficient (Wildman–Crippen LogP) is -0.860. The van der Waals surface area contributed by atoms with E-state index in [4.69, 9.17) is 5.11 Å². The van der Waals surface area contributed by atoms with Crippen molar-refractivity contribution >= 4 is 5.91 Å². The second-order valence-corrected chi connectivity index (χ2v) is 1.53. The number of amides is 1. The van der Waals surface area contributed by atoms with Gasteiger partial charge in [-0.25, -0.2) is 8.78 Å². The van der Waals surface area contributed by atoms with Crippen LogP contribution in [0.5, 0.6) is 0 Å². The highest BCUT2D eigenvalue weighted by molar-refractivity contribution is 5.79. The van der Waals surface area contributed by atoms with Gasteiger partial charge in [0, 0.05) is 0 Å². The number of hydrogen-bond donors (Lipinski definition) is 2. The minimum Gasteiger partial charge on any atom is -0.387 e. The number of carbonyl (C=O) groups is 1. The third-order valence-corrected chi connectivity index (χ3v) is 0.768. The van der Waals surface area contributed by atoms with Gasteiger partial charge < -0.3 is 10.8 Å². The van der Waals surface area contributed by atoms with Crippen LogP contribution in [0.4, 0.5) is 8.78 Å². The smallest absolute Gasteiger partial charge is 0.254 e. The van der Waals surface area contributed by atoms with E-state index in [2.05, 4.69) is 5.73 Å². The molecule has 0 aromatic heterocycles. The Hall–Kier alpha value is -0.710. The van der Waals surface area contributed by atoms with E-state index in [1.165, 1.54) is 0 Å². The maximum atomic E-state index is 12.0. The Balaban J connectivity index is 3.72. The standard InChI is InChI=1S/C4H7F2NO2/c5-1-2(8)3(6)4(7)9/h2-3,8H,1H2,(H2,7,9)/t2-,3+/m1/s1. The molecule has 0 aliphatic carbocycles. The molecule has 0 heterocycles. The minimum absolute atomic E-state index is 1.30. The Labute approximate surface area is 50.5 Å². The molecule has 0 spiro atoms. The molecule has 0 saturated heterocycles. The molecule has 1 amide bonds. The van der Waals surface area contributed by atoms with Crippen molar-refractivity contribution in [1.82, 2.24) is 0 Å². The Morgan fingerprint density at radius 1 is 1.78 bits per heavy atom. The average molecular weight is 139 g/mol. The SMILES string of the molecule is NC(=O)[C@@H](F)[C@H](O)CF. The first-order chi connectivity index (χ1) is 4.09. The van der Waals surface area contributed by atoms with Crippen LogP contribution in [0.2, 0.25) is 0 Å². The van der Waals surface area contributed by atoms with E-state index in [9.17, 15) is 13.6 Å². The quantitative estimate of drug-likeness (QED) is 0.534. The Morgan fingerprint density at radius 3 is 2.33 bits per heavy atom. The topological polar surface area (TPSA) is 63.3 Å². The Morgan fingerprint density at radius 2 is 2.22 bits per heavy atom. The maximum Gasteiger partial charge on any atom is 0.254 e. The predicted molar refractivity (Wildman–Crippen MR) is 26.1 cm³/mol. The van der Waals surface area contributed by atoms with Gasteiger partial charge in [-0.05, 0) is 0 Å². The molecule has 3 nitrogen and oxygen atoms in total. The van der Waals surface area contributed by atoms with Gasteiger partial charge in [0.2, 0.25) is 6.17 Å². The molecule has 0 unspecified atom stereocenters. The molecular formula is C4H7F2NO2. The number of nitrogens with two attached hydrogens (primary N) is 1. The van der Waals surface area contributed by atoms with Crippen molar-refractivity contribution in [3.05, 3.63) is 0 Å². The van der Waals surface area contributed by atoms with Gasteiger partial charge in [-0.2, -0.15) is 0 Å². The summed E-state index contributed by atoms with van der Waals surface area (Å²) in [7, 11) is 0. The molecule has 0 radical (unpaired) electrons. The van der Waals surface area contributed by atoms with Crippen LogP contribution in [0.3, 0.4) is 0 Å². The van der Waals surface area contributed by atoms with Crippen LogP contribution >= 0.6 is 0 Å². The monoisotopic (exact) mass is 139 g/mol. The normalized spacial score (nSPS) is 16.8. The fraction of sp³-hybridized carbons (Fsp3) is 0.750. The summed E-state index contributed by atoms with van der Waals surface area (Å²) in [5.41, 5.74) is 4.37. The summed E-state index contributed by atoms with van der Waals surface area (Å²) >= 11 is 0. The molecule has 0 rings (SSSR count). The first-order valence-electron chi connectivity index (χ1n) is 2.27. The lowest BCUT2D eigenvalue weighted by Gasteiger charge is -2.06. The molecule has 0 fully saturated rings. The number of rotatable bonds is 3. The van der Waals surface area contributed by atoms with Crippen LogP contribution in [0.1, 0.15) is 0 Å². The van der Waals surface area contributed by atoms with Crippen LogP contribution in [0, 0.1) is 0 Å². The van der Waals surface area contributed by atoms with Crippen LogP contribution in [0.25, 0.3) is 0 Å². The molecule has 3 N–H and O–H groups in total. The summed E-state index contributed by atoms with van der Waals surface area (Å²) in [6, 6.07) is 0. The minimum atomic E-state index is -2.30. The van der Waals surface area contributed by atoms with E-state index in [0.29, 0.717) is 0 Å². The second-order valence-electron chi connectivity index (χ2n) is 1.53. The van der Waals surface area contributed by atoms with Gasteiger partial charge in [0.05, 0.1) is 0 Å². The van der Waals surface area contributed by atoms with E-state index in [1.54, 1.807) is 0 Å². The molecule has 9 heavy (non-hydrogen) atoms. The molecule has 2 atom stereocenters. The largest absolute Gasteiger partial charge is 0.387 e. The number of aliphatic hydroxyl groups is 1. The van der Waals surface area contributed by atoms with Crippen molar-refractivity contribution in [3.63, 3.8) is 0 Å². The van der Waals surface area contributed by atoms with Crippen molar-refractivity contribution < 1.29 is 18.7 Å². The molecule has 0 saturated carbocycles. The van der Waals surface area contributed by atoms with Gasteiger partial charge in [0.1, 0.15) is 12.8 Å². The number of aliphatic hydroxyl groups excluding tert-OH is 1.